The van der Waals surface area contributed by atoms with Crippen LogP contribution in [0.25, 0.3) is 0 Å². The summed E-state index contributed by atoms with van der Waals surface area (Å²) < 4.78 is 3.70. The van der Waals surface area contributed by atoms with Crippen molar-refractivity contribution in [2.24, 2.45) is 14.1 Å². The van der Waals surface area contributed by atoms with E-state index in [0.29, 0.717) is 0 Å². The number of aryl methyl sites for hydroxylation is 4. The van der Waals surface area contributed by atoms with E-state index in [1.807, 2.05) is 37.3 Å². The van der Waals surface area contributed by atoms with Gasteiger partial charge in [0.2, 0.25) is 0 Å². The van der Waals surface area contributed by atoms with E-state index in [1.54, 1.807) is 0 Å². The van der Waals surface area contributed by atoms with Gasteiger partial charge < -0.3 is 5.32 Å². The molecule has 0 spiro atoms. The van der Waals surface area contributed by atoms with Crippen molar-refractivity contribution in [2.45, 2.75) is 26.9 Å². The van der Waals surface area contributed by atoms with Crippen molar-refractivity contribution in [3.05, 3.63) is 34.9 Å². The zero-order valence-electron chi connectivity index (χ0n) is 10.9. The van der Waals surface area contributed by atoms with E-state index < -0.39 is 0 Å². The minimum Gasteiger partial charge on any atom is -0.308 e. The van der Waals surface area contributed by atoms with Gasteiger partial charge in [-0.05, 0) is 13.8 Å². The number of nitrogens with one attached hydrogen (secondary N) is 1. The average Bonchev–Trinajstić information content (AvgIpc) is 2.71. The largest absolute Gasteiger partial charge is 0.308 e. The van der Waals surface area contributed by atoms with Gasteiger partial charge in [-0.25, -0.2) is 0 Å². The van der Waals surface area contributed by atoms with Gasteiger partial charge >= 0.3 is 0 Å². The van der Waals surface area contributed by atoms with Crippen LogP contribution < -0.4 is 5.32 Å². The van der Waals surface area contributed by atoms with Crippen LogP contribution in [0.15, 0.2) is 12.4 Å². The summed E-state index contributed by atoms with van der Waals surface area (Å²) in [6, 6.07) is 0. The smallest absolute Gasteiger partial charge is 0.0638 e. The maximum atomic E-state index is 4.32. The summed E-state index contributed by atoms with van der Waals surface area (Å²) in [5, 5.41) is 12.1. The second-order valence-corrected chi connectivity index (χ2v) is 4.43. The van der Waals surface area contributed by atoms with Gasteiger partial charge in [0.25, 0.3) is 0 Å². The highest BCUT2D eigenvalue weighted by atomic mass is 15.3. The lowest BCUT2D eigenvalue weighted by molar-refractivity contribution is 0.687. The molecular weight excluding hydrogens is 214 g/mol. The van der Waals surface area contributed by atoms with Crippen LogP contribution in [0.3, 0.4) is 0 Å². The Morgan fingerprint density at radius 3 is 1.65 bits per heavy atom. The number of hydrogen-bond donors (Lipinski definition) is 1. The summed E-state index contributed by atoms with van der Waals surface area (Å²) in [6.07, 6.45) is 4.11. The molecule has 0 aliphatic rings. The minimum atomic E-state index is 0.841. The molecule has 92 valence electrons. The fraction of sp³-hybridized carbons (Fsp3) is 0.500. The molecule has 0 radical (unpaired) electrons. The third kappa shape index (κ3) is 2.74. The van der Waals surface area contributed by atoms with Crippen LogP contribution in [0.5, 0.6) is 0 Å². The fourth-order valence-corrected chi connectivity index (χ4v) is 1.98. The summed E-state index contributed by atoms with van der Waals surface area (Å²) in [5.41, 5.74) is 4.66. The number of hydrogen-bond acceptors (Lipinski definition) is 3. The van der Waals surface area contributed by atoms with Crippen molar-refractivity contribution >= 4 is 0 Å². The molecule has 0 saturated carbocycles. The van der Waals surface area contributed by atoms with E-state index in [4.69, 9.17) is 0 Å². The van der Waals surface area contributed by atoms with Gasteiger partial charge in [0.05, 0.1) is 11.4 Å². The van der Waals surface area contributed by atoms with Crippen molar-refractivity contribution in [3.63, 3.8) is 0 Å². The fourth-order valence-electron chi connectivity index (χ4n) is 1.98. The van der Waals surface area contributed by atoms with Gasteiger partial charge in [-0.3, -0.25) is 9.36 Å². The molecule has 5 heteroatoms. The van der Waals surface area contributed by atoms with Crippen LogP contribution in [-0.2, 0) is 27.2 Å². The molecule has 0 amide bonds. The Balaban J connectivity index is 1.92. The number of nitrogens with zero attached hydrogens (tertiary/aromatic N) is 4. The SMILES string of the molecule is Cc1nn(C)cc1CNCc1cn(C)nc1C. The predicted molar refractivity (Wildman–Crippen MR) is 66.4 cm³/mol. The molecule has 0 bridgehead atoms. The van der Waals surface area contributed by atoms with Crippen LogP contribution in [0.2, 0.25) is 0 Å². The Morgan fingerprint density at radius 1 is 0.941 bits per heavy atom. The first-order valence-electron chi connectivity index (χ1n) is 5.75. The van der Waals surface area contributed by atoms with Crippen molar-refractivity contribution in [1.29, 1.82) is 0 Å². The van der Waals surface area contributed by atoms with Gasteiger partial charge in [-0.2, -0.15) is 10.2 Å². The van der Waals surface area contributed by atoms with Crippen molar-refractivity contribution < 1.29 is 0 Å². The Kier molecular flexibility index (Phi) is 3.28. The quantitative estimate of drug-likeness (QED) is 0.859. The Bertz CT molecular complexity index is 463. The summed E-state index contributed by atoms with van der Waals surface area (Å²) in [4.78, 5) is 0. The summed E-state index contributed by atoms with van der Waals surface area (Å²) in [5.74, 6) is 0. The molecule has 0 aromatic carbocycles. The van der Waals surface area contributed by atoms with Crippen LogP contribution in [0.1, 0.15) is 22.5 Å². The topological polar surface area (TPSA) is 47.7 Å². The normalized spacial score (nSPS) is 11.1. The average molecular weight is 233 g/mol. The monoisotopic (exact) mass is 233 g/mol. The van der Waals surface area contributed by atoms with E-state index in [9.17, 15) is 0 Å². The Labute approximate surface area is 101 Å². The molecule has 0 aliphatic heterocycles. The maximum absolute atomic E-state index is 4.32. The minimum absolute atomic E-state index is 0.841. The lowest BCUT2D eigenvalue weighted by Gasteiger charge is -2.02. The van der Waals surface area contributed by atoms with Gasteiger partial charge in [0.1, 0.15) is 0 Å². The molecule has 0 atom stereocenters. The molecule has 0 saturated heterocycles. The van der Waals surface area contributed by atoms with E-state index >= 15 is 0 Å². The highest BCUT2D eigenvalue weighted by Gasteiger charge is 2.05. The second-order valence-electron chi connectivity index (χ2n) is 4.43. The van der Waals surface area contributed by atoms with Crippen molar-refractivity contribution in [3.8, 4) is 0 Å². The summed E-state index contributed by atoms with van der Waals surface area (Å²) in [7, 11) is 3.89. The van der Waals surface area contributed by atoms with E-state index in [0.717, 1.165) is 24.5 Å². The van der Waals surface area contributed by atoms with E-state index in [-0.39, 0.29) is 0 Å². The lowest BCUT2D eigenvalue weighted by atomic mass is 10.2. The number of aromatic nitrogens is 4. The van der Waals surface area contributed by atoms with E-state index in [1.165, 1.54) is 11.1 Å². The van der Waals surface area contributed by atoms with Gasteiger partial charge in [0, 0.05) is 50.7 Å². The molecule has 1 N–H and O–H groups in total. The zero-order chi connectivity index (χ0) is 12.4. The van der Waals surface area contributed by atoms with E-state index in [2.05, 4.69) is 27.9 Å². The molecule has 0 aliphatic carbocycles. The highest BCUT2D eigenvalue weighted by Crippen LogP contribution is 2.07. The lowest BCUT2D eigenvalue weighted by Crippen LogP contribution is -2.13. The second kappa shape index (κ2) is 4.71. The molecule has 2 heterocycles. The molecule has 2 aromatic rings. The van der Waals surface area contributed by atoms with Crippen molar-refractivity contribution in [1.82, 2.24) is 24.9 Å². The van der Waals surface area contributed by atoms with Crippen molar-refractivity contribution in [2.75, 3.05) is 0 Å². The first-order valence-corrected chi connectivity index (χ1v) is 5.75. The highest BCUT2D eigenvalue weighted by molar-refractivity contribution is 5.17. The molecule has 5 nitrogen and oxygen atoms in total. The molecule has 17 heavy (non-hydrogen) atoms. The first kappa shape index (κ1) is 11.9. The molecule has 0 unspecified atom stereocenters. The summed E-state index contributed by atoms with van der Waals surface area (Å²) in [6.45, 7) is 5.75. The Hall–Kier alpha value is -1.62. The first-order chi connectivity index (χ1) is 8.06. The van der Waals surface area contributed by atoms with Crippen LogP contribution in [0.4, 0.5) is 0 Å². The van der Waals surface area contributed by atoms with Gasteiger partial charge in [-0.1, -0.05) is 0 Å². The van der Waals surface area contributed by atoms with Gasteiger partial charge in [0.15, 0.2) is 0 Å². The van der Waals surface area contributed by atoms with Gasteiger partial charge in [-0.15, -0.1) is 0 Å². The molecule has 0 fully saturated rings. The molecule has 2 aromatic heterocycles. The van der Waals surface area contributed by atoms with Crippen LogP contribution in [0, 0.1) is 13.8 Å². The standard InChI is InChI=1S/C12H19N5/c1-9-11(7-16(3)14-9)5-13-6-12-8-17(4)15-10(12)2/h7-8,13H,5-6H2,1-4H3. The Morgan fingerprint density at radius 2 is 1.35 bits per heavy atom. The van der Waals surface area contributed by atoms with Crippen LogP contribution in [-0.4, -0.2) is 19.6 Å². The summed E-state index contributed by atoms with van der Waals surface area (Å²) >= 11 is 0. The zero-order valence-corrected chi connectivity index (χ0v) is 10.9. The maximum Gasteiger partial charge on any atom is 0.0638 e. The van der Waals surface area contributed by atoms with Crippen LogP contribution >= 0.6 is 0 Å². The molecule has 2 rings (SSSR count). The third-order valence-electron chi connectivity index (χ3n) is 2.86. The predicted octanol–water partition coefficient (Wildman–Crippen LogP) is 1.06. The number of rotatable bonds is 4. The molecular formula is C12H19N5. The third-order valence-corrected chi connectivity index (χ3v) is 2.86.